The number of rotatable bonds is 2. The third-order valence-corrected chi connectivity index (χ3v) is 3.51. The number of carbonyl (C=O) groups is 3. The van der Waals surface area contributed by atoms with Gasteiger partial charge in [0.1, 0.15) is 11.9 Å². The zero-order chi connectivity index (χ0) is 15.6. The van der Waals surface area contributed by atoms with Crippen LogP contribution in [-0.2, 0) is 9.59 Å². The molecule has 1 aliphatic heterocycles. The molecule has 21 heavy (non-hydrogen) atoms. The second-order valence-electron chi connectivity index (χ2n) is 4.89. The Balaban J connectivity index is 2.21. The molecule has 0 bridgehead atoms. The molecule has 2 rings (SSSR count). The van der Waals surface area contributed by atoms with Gasteiger partial charge in [0.05, 0.1) is 6.54 Å². The molecule has 1 aliphatic rings. The third-order valence-electron chi connectivity index (χ3n) is 3.51. The average molecular weight is 293 g/mol. The van der Waals surface area contributed by atoms with E-state index in [0.717, 1.165) is 0 Å². The highest BCUT2D eigenvalue weighted by molar-refractivity contribution is 5.97. The maximum absolute atomic E-state index is 12.9. The highest BCUT2D eigenvalue weighted by atomic mass is 19.1. The van der Waals surface area contributed by atoms with Crippen LogP contribution in [0.3, 0.4) is 0 Å². The molecular formula is C14H16FN3O3. The molecule has 1 saturated heterocycles. The summed E-state index contributed by atoms with van der Waals surface area (Å²) in [4.78, 5) is 38.1. The van der Waals surface area contributed by atoms with Crippen LogP contribution in [0.5, 0.6) is 0 Å². The Morgan fingerprint density at radius 2 is 1.81 bits per heavy atom. The van der Waals surface area contributed by atoms with Crippen molar-refractivity contribution in [3.05, 3.63) is 35.6 Å². The average Bonchev–Trinajstić information content (AvgIpc) is 2.46. The number of carbonyl (C=O) groups excluding carboxylic acids is 3. The maximum atomic E-state index is 12.9. The fourth-order valence-electron chi connectivity index (χ4n) is 2.31. The van der Waals surface area contributed by atoms with Crippen molar-refractivity contribution < 1.29 is 18.8 Å². The van der Waals surface area contributed by atoms with E-state index in [-0.39, 0.29) is 24.6 Å². The van der Waals surface area contributed by atoms with E-state index in [1.807, 2.05) is 0 Å². The van der Waals surface area contributed by atoms with Gasteiger partial charge in [-0.1, -0.05) is 0 Å². The Hall–Kier alpha value is -2.44. The van der Waals surface area contributed by atoms with Crippen LogP contribution in [0.25, 0.3) is 0 Å². The Morgan fingerprint density at radius 3 is 2.33 bits per heavy atom. The predicted molar refractivity (Wildman–Crippen MR) is 72.7 cm³/mol. The third kappa shape index (κ3) is 3.18. The Morgan fingerprint density at radius 1 is 1.19 bits per heavy atom. The van der Waals surface area contributed by atoms with Gasteiger partial charge < -0.3 is 15.5 Å². The van der Waals surface area contributed by atoms with Crippen LogP contribution in [0.15, 0.2) is 24.3 Å². The van der Waals surface area contributed by atoms with E-state index in [1.165, 1.54) is 41.0 Å². The number of nitrogens with zero attached hydrogens (tertiary/aromatic N) is 2. The molecule has 3 amide bonds. The topological polar surface area (TPSA) is 83.7 Å². The number of piperazine rings is 1. The summed E-state index contributed by atoms with van der Waals surface area (Å²) in [6.07, 6.45) is 0. The van der Waals surface area contributed by atoms with Gasteiger partial charge in [0.25, 0.3) is 5.91 Å². The first-order chi connectivity index (χ1) is 9.90. The van der Waals surface area contributed by atoms with Crippen molar-refractivity contribution in [2.45, 2.75) is 13.0 Å². The minimum atomic E-state index is -0.875. The molecule has 2 N–H and O–H groups in total. The Bertz CT molecular complexity index is 573. The van der Waals surface area contributed by atoms with Crippen molar-refractivity contribution >= 4 is 17.7 Å². The number of hydrogen-bond donors (Lipinski definition) is 1. The number of hydrogen-bond acceptors (Lipinski definition) is 3. The summed E-state index contributed by atoms with van der Waals surface area (Å²) < 4.78 is 12.9. The fraction of sp³-hybridized carbons (Fsp3) is 0.357. The molecule has 1 unspecified atom stereocenters. The SMILES string of the molecule is CC(=O)N1CCN(C(=O)c2ccc(F)cc2)C(C(N)=O)C1. The van der Waals surface area contributed by atoms with E-state index in [0.29, 0.717) is 6.54 Å². The highest BCUT2D eigenvalue weighted by Gasteiger charge is 2.35. The van der Waals surface area contributed by atoms with Crippen LogP contribution in [-0.4, -0.2) is 53.2 Å². The molecule has 112 valence electrons. The van der Waals surface area contributed by atoms with Crippen molar-refractivity contribution in [2.24, 2.45) is 5.73 Å². The molecule has 0 spiro atoms. The van der Waals surface area contributed by atoms with Crippen molar-refractivity contribution in [2.75, 3.05) is 19.6 Å². The highest BCUT2D eigenvalue weighted by Crippen LogP contribution is 2.15. The van der Waals surface area contributed by atoms with Gasteiger partial charge in [0.2, 0.25) is 11.8 Å². The van der Waals surface area contributed by atoms with E-state index < -0.39 is 23.7 Å². The smallest absolute Gasteiger partial charge is 0.254 e. The summed E-state index contributed by atoms with van der Waals surface area (Å²) in [6, 6.07) is 4.19. The zero-order valence-corrected chi connectivity index (χ0v) is 11.6. The van der Waals surface area contributed by atoms with Gasteiger partial charge in [0.15, 0.2) is 0 Å². The largest absolute Gasteiger partial charge is 0.368 e. The second kappa shape index (κ2) is 5.90. The lowest BCUT2D eigenvalue weighted by atomic mass is 10.1. The van der Waals surface area contributed by atoms with Crippen LogP contribution < -0.4 is 5.73 Å². The van der Waals surface area contributed by atoms with Crippen LogP contribution in [0.1, 0.15) is 17.3 Å². The van der Waals surface area contributed by atoms with Crippen molar-refractivity contribution in [1.82, 2.24) is 9.80 Å². The van der Waals surface area contributed by atoms with E-state index in [9.17, 15) is 18.8 Å². The van der Waals surface area contributed by atoms with Gasteiger partial charge >= 0.3 is 0 Å². The predicted octanol–water partition coefficient (Wildman–Crippen LogP) is -0.0161. The van der Waals surface area contributed by atoms with Gasteiger partial charge in [-0.2, -0.15) is 0 Å². The van der Waals surface area contributed by atoms with Crippen LogP contribution in [0.4, 0.5) is 4.39 Å². The van der Waals surface area contributed by atoms with Crippen molar-refractivity contribution in [1.29, 1.82) is 0 Å². The summed E-state index contributed by atoms with van der Waals surface area (Å²) in [5.41, 5.74) is 5.61. The van der Waals surface area contributed by atoms with Gasteiger partial charge in [-0.25, -0.2) is 4.39 Å². The Kier molecular flexibility index (Phi) is 4.21. The summed E-state index contributed by atoms with van der Waals surface area (Å²) in [5.74, 6) is -1.69. The summed E-state index contributed by atoms with van der Waals surface area (Å²) in [6.45, 7) is 2.03. The molecule has 0 aliphatic carbocycles. The number of benzene rings is 1. The standard InChI is InChI=1S/C14H16FN3O3/c1-9(19)17-6-7-18(12(8-17)13(16)20)14(21)10-2-4-11(15)5-3-10/h2-5,12H,6-8H2,1H3,(H2,16,20). The van der Waals surface area contributed by atoms with E-state index in [2.05, 4.69) is 0 Å². The monoisotopic (exact) mass is 293 g/mol. The van der Waals surface area contributed by atoms with E-state index in [1.54, 1.807) is 0 Å². The normalized spacial score (nSPS) is 18.5. The number of amides is 3. The van der Waals surface area contributed by atoms with Gasteiger partial charge in [0, 0.05) is 25.6 Å². The number of primary amides is 1. The van der Waals surface area contributed by atoms with Gasteiger partial charge in [-0.3, -0.25) is 14.4 Å². The molecule has 0 radical (unpaired) electrons. The molecule has 0 aromatic heterocycles. The summed E-state index contributed by atoms with van der Waals surface area (Å²) >= 11 is 0. The number of halogens is 1. The lowest BCUT2D eigenvalue weighted by molar-refractivity contribution is -0.134. The molecule has 1 atom stereocenters. The number of nitrogens with two attached hydrogens (primary N) is 1. The van der Waals surface area contributed by atoms with Crippen molar-refractivity contribution in [3.63, 3.8) is 0 Å². The summed E-state index contributed by atoms with van der Waals surface area (Å²) in [7, 11) is 0. The maximum Gasteiger partial charge on any atom is 0.254 e. The molecule has 0 saturated carbocycles. The van der Waals surface area contributed by atoms with Crippen LogP contribution >= 0.6 is 0 Å². The molecular weight excluding hydrogens is 277 g/mol. The van der Waals surface area contributed by atoms with Crippen LogP contribution in [0.2, 0.25) is 0 Å². The zero-order valence-electron chi connectivity index (χ0n) is 11.6. The van der Waals surface area contributed by atoms with Gasteiger partial charge in [-0.05, 0) is 24.3 Å². The molecule has 1 fully saturated rings. The summed E-state index contributed by atoms with van der Waals surface area (Å²) in [5, 5.41) is 0. The first-order valence-electron chi connectivity index (χ1n) is 6.51. The molecule has 1 aromatic carbocycles. The van der Waals surface area contributed by atoms with E-state index >= 15 is 0 Å². The first-order valence-corrected chi connectivity index (χ1v) is 6.51. The minimum Gasteiger partial charge on any atom is -0.368 e. The first kappa shape index (κ1) is 15.0. The minimum absolute atomic E-state index is 0.0810. The molecule has 7 heteroatoms. The van der Waals surface area contributed by atoms with Crippen LogP contribution in [0, 0.1) is 5.82 Å². The Labute approximate surface area is 121 Å². The lowest BCUT2D eigenvalue weighted by Gasteiger charge is -2.39. The van der Waals surface area contributed by atoms with Gasteiger partial charge in [-0.15, -0.1) is 0 Å². The molecule has 1 aromatic rings. The quantitative estimate of drug-likeness (QED) is 0.832. The fourth-order valence-corrected chi connectivity index (χ4v) is 2.31. The van der Waals surface area contributed by atoms with Crippen molar-refractivity contribution in [3.8, 4) is 0 Å². The molecule has 1 heterocycles. The second-order valence-corrected chi connectivity index (χ2v) is 4.89. The lowest BCUT2D eigenvalue weighted by Crippen LogP contribution is -2.60. The van der Waals surface area contributed by atoms with E-state index in [4.69, 9.17) is 5.73 Å². The molecule has 6 nitrogen and oxygen atoms in total.